The molecule has 0 fully saturated rings. The molecule has 0 radical (unpaired) electrons. The Morgan fingerprint density at radius 3 is 2.57 bits per heavy atom. The predicted molar refractivity (Wildman–Crippen MR) is 85.2 cm³/mol. The molecular weight excluding hydrogens is 330 g/mol. The number of nitrogens with two attached hydrogens (primary N) is 1. The highest BCUT2D eigenvalue weighted by molar-refractivity contribution is 9.10. The summed E-state index contributed by atoms with van der Waals surface area (Å²) in [5.74, 6) is 5.67. The Hall–Kier alpha value is -1.89. The summed E-state index contributed by atoms with van der Waals surface area (Å²) >= 11 is 3.38. The Morgan fingerprint density at radius 2 is 1.86 bits per heavy atom. The quantitative estimate of drug-likeness (QED) is 0.562. The number of aromatic nitrogens is 3. The van der Waals surface area contributed by atoms with Gasteiger partial charge in [-0.3, -0.25) is 21.2 Å². The van der Waals surface area contributed by atoms with Crippen molar-refractivity contribution in [1.82, 2.24) is 20.4 Å². The highest BCUT2D eigenvalue weighted by Crippen LogP contribution is 2.18. The van der Waals surface area contributed by atoms with Crippen molar-refractivity contribution in [3.8, 4) is 0 Å². The standard InChI is InChI=1S/C15H14BrN5/c16-10-5-6-11(18-8-10)7-14(21-17)15-9-19-12-3-1-2-4-13(12)20-15/h1-6,8-9,14,21H,7,17H2. The number of rotatable bonds is 4. The fraction of sp³-hybridized carbons (Fsp3) is 0.133. The average molecular weight is 344 g/mol. The van der Waals surface area contributed by atoms with Crippen LogP contribution in [-0.4, -0.2) is 15.0 Å². The lowest BCUT2D eigenvalue weighted by molar-refractivity contribution is 0.532. The summed E-state index contributed by atoms with van der Waals surface area (Å²) in [6.07, 6.45) is 4.18. The van der Waals surface area contributed by atoms with Crippen molar-refractivity contribution in [3.63, 3.8) is 0 Å². The Labute approximate surface area is 130 Å². The first-order chi connectivity index (χ1) is 10.3. The Morgan fingerprint density at radius 1 is 1.05 bits per heavy atom. The molecular formula is C15H14BrN5. The lowest BCUT2D eigenvalue weighted by Gasteiger charge is -2.15. The number of hydrogen-bond acceptors (Lipinski definition) is 5. The van der Waals surface area contributed by atoms with Crippen LogP contribution in [0.15, 0.2) is 53.3 Å². The summed E-state index contributed by atoms with van der Waals surface area (Å²) in [5, 5.41) is 0. The molecule has 0 aliphatic rings. The molecule has 0 spiro atoms. The van der Waals surface area contributed by atoms with Crippen molar-refractivity contribution in [3.05, 3.63) is 64.7 Å². The van der Waals surface area contributed by atoms with Gasteiger partial charge in [0.25, 0.3) is 0 Å². The molecule has 1 aromatic carbocycles. The molecule has 0 saturated carbocycles. The Balaban J connectivity index is 1.88. The van der Waals surface area contributed by atoms with Crippen molar-refractivity contribution in [1.29, 1.82) is 0 Å². The van der Waals surface area contributed by atoms with Crippen molar-refractivity contribution in [2.24, 2.45) is 5.84 Å². The topological polar surface area (TPSA) is 76.7 Å². The number of pyridine rings is 1. The molecule has 0 amide bonds. The Bertz CT molecular complexity index is 744. The van der Waals surface area contributed by atoms with Gasteiger partial charge >= 0.3 is 0 Å². The summed E-state index contributed by atoms with van der Waals surface area (Å²) in [5.41, 5.74) is 6.27. The van der Waals surface area contributed by atoms with Gasteiger partial charge in [-0.05, 0) is 40.2 Å². The average Bonchev–Trinajstić information content (AvgIpc) is 2.54. The number of nitrogens with zero attached hydrogens (tertiary/aromatic N) is 3. The number of halogens is 1. The van der Waals surface area contributed by atoms with Gasteiger partial charge in [0.15, 0.2) is 0 Å². The van der Waals surface area contributed by atoms with Gasteiger partial charge in [-0.15, -0.1) is 0 Å². The first-order valence-electron chi connectivity index (χ1n) is 6.54. The smallest absolute Gasteiger partial charge is 0.0890 e. The van der Waals surface area contributed by atoms with Crippen LogP contribution in [0.5, 0.6) is 0 Å². The Kier molecular flexibility index (Phi) is 4.19. The molecule has 6 heteroatoms. The molecule has 0 aliphatic heterocycles. The number of nitrogens with one attached hydrogen (secondary N) is 1. The van der Waals surface area contributed by atoms with E-state index in [1.165, 1.54) is 0 Å². The maximum absolute atomic E-state index is 5.67. The highest BCUT2D eigenvalue weighted by Gasteiger charge is 2.14. The zero-order chi connectivity index (χ0) is 14.7. The summed E-state index contributed by atoms with van der Waals surface area (Å²) < 4.78 is 0.953. The van der Waals surface area contributed by atoms with Crippen molar-refractivity contribution < 1.29 is 0 Å². The minimum absolute atomic E-state index is 0.129. The van der Waals surface area contributed by atoms with E-state index in [1.54, 1.807) is 12.4 Å². The van der Waals surface area contributed by atoms with Gasteiger partial charge in [0.05, 0.1) is 29.0 Å². The second-order valence-electron chi connectivity index (χ2n) is 4.67. The van der Waals surface area contributed by atoms with Crippen LogP contribution >= 0.6 is 15.9 Å². The van der Waals surface area contributed by atoms with E-state index in [9.17, 15) is 0 Å². The summed E-state index contributed by atoms with van der Waals surface area (Å²) in [7, 11) is 0. The number of hydrazine groups is 1. The van der Waals surface area contributed by atoms with E-state index in [-0.39, 0.29) is 6.04 Å². The fourth-order valence-electron chi connectivity index (χ4n) is 2.12. The van der Waals surface area contributed by atoms with Gasteiger partial charge in [-0.1, -0.05) is 12.1 Å². The van der Waals surface area contributed by atoms with E-state index in [1.807, 2.05) is 36.4 Å². The molecule has 3 N–H and O–H groups in total. The minimum Gasteiger partial charge on any atom is -0.271 e. The number of benzene rings is 1. The van der Waals surface area contributed by atoms with Gasteiger partial charge in [0.1, 0.15) is 0 Å². The molecule has 106 valence electrons. The largest absolute Gasteiger partial charge is 0.271 e. The number of para-hydroxylation sites is 2. The monoisotopic (exact) mass is 343 g/mol. The predicted octanol–water partition coefficient (Wildman–Crippen LogP) is 2.53. The number of fused-ring (bicyclic) bond motifs is 1. The molecule has 0 aliphatic carbocycles. The first-order valence-corrected chi connectivity index (χ1v) is 7.34. The lowest BCUT2D eigenvalue weighted by atomic mass is 10.1. The third-order valence-corrected chi connectivity index (χ3v) is 3.70. The van der Waals surface area contributed by atoms with Crippen LogP contribution in [0.1, 0.15) is 17.4 Å². The second kappa shape index (κ2) is 6.26. The van der Waals surface area contributed by atoms with Crippen LogP contribution in [0, 0.1) is 0 Å². The second-order valence-corrected chi connectivity index (χ2v) is 5.59. The third-order valence-electron chi connectivity index (χ3n) is 3.23. The van der Waals surface area contributed by atoms with Crippen LogP contribution in [0.4, 0.5) is 0 Å². The molecule has 3 rings (SSSR count). The fourth-order valence-corrected chi connectivity index (χ4v) is 2.36. The van der Waals surface area contributed by atoms with Crippen molar-refractivity contribution in [2.75, 3.05) is 0 Å². The summed E-state index contributed by atoms with van der Waals surface area (Å²) in [6, 6.07) is 11.6. The summed E-state index contributed by atoms with van der Waals surface area (Å²) in [6.45, 7) is 0. The molecule has 5 nitrogen and oxygen atoms in total. The van der Waals surface area contributed by atoms with Crippen molar-refractivity contribution in [2.45, 2.75) is 12.5 Å². The van der Waals surface area contributed by atoms with Gasteiger partial charge in [0, 0.05) is 22.8 Å². The molecule has 1 atom stereocenters. The lowest BCUT2D eigenvalue weighted by Crippen LogP contribution is -2.30. The van der Waals surface area contributed by atoms with Crippen LogP contribution in [-0.2, 0) is 6.42 Å². The van der Waals surface area contributed by atoms with E-state index in [4.69, 9.17) is 5.84 Å². The zero-order valence-corrected chi connectivity index (χ0v) is 12.8. The first kappa shape index (κ1) is 14.1. The van der Waals surface area contributed by atoms with Gasteiger partial charge in [0.2, 0.25) is 0 Å². The molecule has 0 bridgehead atoms. The molecule has 0 saturated heterocycles. The van der Waals surface area contributed by atoms with E-state index in [0.29, 0.717) is 6.42 Å². The third kappa shape index (κ3) is 3.24. The van der Waals surface area contributed by atoms with Crippen LogP contribution in [0.3, 0.4) is 0 Å². The van der Waals surface area contributed by atoms with Crippen LogP contribution in [0.25, 0.3) is 11.0 Å². The molecule has 3 aromatic rings. The zero-order valence-electron chi connectivity index (χ0n) is 11.2. The maximum atomic E-state index is 5.67. The molecule has 2 aromatic heterocycles. The van der Waals surface area contributed by atoms with E-state index >= 15 is 0 Å². The minimum atomic E-state index is -0.129. The highest BCUT2D eigenvalue weighted by atomic mass is 79.9. The van der Waals surface area contributed by atoms with Gasteiger partial charge < -0.3 is 0 Å². The molecule has 21 heavy (non-hydrogen) atoms. The molecule has 1 unspecified atom stereocenters. The van der Waals surface area contributed by atoms with Crippen LogP contribution in [0.2, 0.25) is 0 Å². The van der Waals surface area contributed by atoms with E-state index in [2.05, 4.69) is 36.3 Å². The SMILES string of the molecule is NNC(Cc1ccc(Br)cn1)c1cnc2ccccc2n1. The maximum Gasteiger partial charge on any atom is 0.0890 e. The van der Waals surface area contributed by atoms with E-state index in [0.717, 1.165) is 26.9 Å². The molecule has 2 heterocycles. The summed E-state index contributed by atoms with van der Waals surface area (Å²) in [4.78, 5) is 13.4. The van der Waals surface area contributed by atoms with Gasteiger partial charge in [-0.2, -0.15) is 0 Å². The van der Waals surface area contributed by atoms with Crippen molar-refractivity contribution >= 4 is 27.0 Å². The normalized spacial score (nSPS) is 12.5. The number of hydrogen-bond donors (Lipinski definition) is 2. The van der Waals surface area contributed by atoms with E-state index < -0.39 is 0 Å². The van der Waals surface area contributed by atoms with Gasteiger partial charge in [-0.25, -0.2) is 4.98 Å². The van der Waals surface area contributed by atoms with Crippen LogP contribution < -0.4 is 11.3 Å².